The van der Waals surface area contributed by atoms with E-state index >= 15 is 0 Å². The zero-order valence-electron chi connectivity index (χ0n) is 7.16. The lowest BCUT2D eigenvalue weighted by Crippen LogP contribution is -2.34. The Hall–Kier alpha value is -0.160. The standard InChI is InChI=1S/C8H17NO3/c10-4-7(12)3-9-5-8(6-11)1-2-8/h7,9-12H,1-6H2/t7-/m0/s1. The third kappa shape index (κ3) is 2.71. The van der Waals surface area contributed by atoms with Crippen molar-refractivity contribution in [3.8, 4) is 0 Å². The average Bonchev–Trinajstić information content (AvgIpc) is 2.85. The van der Waals surface area contributed by atoms with Crippen LogP contribution < -0.4 is 5.32 Å². The SMILES string of the molecule is OC[C@@H](O)CNCC1(CO)CC1. The lowest BCUT2D eigenvalue weighted by molar-refractivity contribution is 0.0916. The second-order valence-electron chi connectivity index (χ2n) is 3.63. The van der Waals surface area contributed by atoms with Crippen LogP contribution in [0.5, 0.6) is 0 Å². The number of aliphatic hydroxyl groups is 3. The first-order chi connectivity index (χ1) is 5.72. The van der Waals surface area contributed by atoms with Crippen LogP contribution in [0.4, 0.5) is 0 Å². The molecule has 0 heterocycles. The van der Waals surface area contributed by atoms with E-state index in [9.17, 15) is 0 Å². The predicted molar refractivity (Wildman–Crippen MR) is 44.7 cm³/mol. The maximum absolute atomic E-state index is 8.97. The minimum absolute atomic E-state index is 0.0785. The molecule has 1 rings (SSSR count). The van der Waals surface area contributed by atoms with Crippen molar-refractivity contribution in [2.45, 2.75) is 18.9 Å². The quantitative estimate of drug-likeness (QED) is 0.405. The highest BCUT2D eigenvalue weighted by atomic mass is 16.3. The number of rotatable bonds is 6. The molecule has 4 N–H and O–H groups in total. The summed E-state index contributed by atoms with van der Waals surface area (Å²) in [7, 11) is 0. The topological polar surface area (TPSA) is 72.7 Å². The second-order valence-corrected chi connectivity index (χ2v) is 3.63. The van der Waals surface area contributed by atoms with Gasteiger partial charge in [-0.25, -0.2) is 0 Å². The summed E-state index contributed by atoms with van der Waals surface area (Å²) < 4.78 is 0. The Bertz CT molecular complexity index is 136. The number of nitrogens with one attached hydrogen (secondary N) is 1. The lowest BCUT2D eigenvalue weighted by Gasteiger charge is -2.14. The van der Waals surface area contributed by atoms with Gasteiger partial charge in [0.05, 0.1) is 12.7 Å². The van der Waals surface area contributed by atoms with Crippen LogP contribution in [0.25, 0.3) is 0 Å². The van der Waals surface area contributed by atoms with Crippen molar-refractivity contribution in [3.63, 3.8) is 0 Å². The van der Waals surface area contributed by atoms with Crippen molar-refractivity contribution in [2.24, 2.45) is 5.41 Å². The molecule has 12 heavy (non-hydrogen) atoms. The van der Waals surface area contributed by atoms with Gasteiger partial charge >= 0.3 is 0 Å². The van der Waals surface area contributed by atoms with E-state index in [2.05, 4.69) is 5.32 Å². The van der Waals surface area contributed by atoms with Crippen LogP contribution in [0.1, 0.15) is 12.8 Å². The van der Waals surface area contributed by atoms with Crippen LogP contribution >= 0.6 is 0 Å². The highest BCUT2D eigenvalue weighted by molar-refractivity contribution is 4.94. The van der Waals surface area contributed by atoms with E-state index in [4.69, 9.17) is 15.3 Å². The van der Waals surface area contributed by atoms with Crippen LogP contribution in [-0.2, 0) is 0 Å². The first-order valence-corrected chi connectivity index (χ1v) is 4.33. The van der Waals surface area contributed by atoms with Crippen molar-refractivity contribution in [1.29, 1.82) is 0 Å². The fraction of sp³-hybridized carbons (Fsp3) is 1.00. The molecule has 0 aliphatic heterocycles. The normalized spacial score (nSPS) is 22.2. The Morgan fingerprint density at radius 2 is 2.00 bits per heavy atom. The van der Waals surface area contributed by atoms with Gasteiger partial charge in [-0.05, 0) is 12.8 Å². The van der Waals surface area contributed by atoms with Gasteiger partial charge in [0.25, 0.3) is 0 Å². The van der Waals surface area contributed by atoms with E-state index in [0.717, 1.165) is 19.4 Å². The zero-order valence-corrected chi connectivity index (χ0v) is 7.16. The van der Waals surface area contributed by atoms with Crippen molar-refractivity contribution in [3.05, 3.63) is 0 Å². The van der Waals surface area contributed by atoms with E-state index < -0.39 is 6.10 Å². The molecule has 1 saturated carbocycles. The molecule has 0 aromatic heterocycles. The molecule has 1 aliphatic rings. The average molecular weight is 175 g/mol. The summed E-state index contributed by atoms with van der Waals surface area (Å²) in [5, 5.41) is 29.4. The molecule has 0 radical (unpaired) electrons. The summed E-state index contributed by atoms with van der Waals surface area (Å²) in [6.45, 7) is 1.15. The zero-order chi connectivity index (χ0) is 9.03. The fourth-order valence-corrected chi connectivity index (χ4v) is 1.14. The molecule has 0 amide bonds. The van der Waals surface area contributed by atoms with Gasteiger partial charge in [-0.15, -0.1) is 0 Å². The number of hydrogen-bond donors (Lipinski definition) is 4. The van der Waals surface area contributed by atoms with Crippen molar-refractivity contribution in [1.82, 2.24) is 5.32 Å². The maximum atomic E-state index is 8.97. The molecule has 4 heteroatoms. The largest absolute Gasteiger partial charge is 0.396 e. The van der Waals surface area contributed by atoms with E-state index in [1.54, 1.807) is 0 Å². The molecular formula is C8H17NO3. The van der Waals surface area contributed by atoms with E-state index in [-0.39, 0.29) is 18.6 Å². The minimum Gasteiger partial charge on any atom is -0.396 e. The van der Waals surface area contributed by atoms with Gasteiger partial charge in [0.2, 0.25) is 0 Å². The Morgan fingerprint density at radius 1 is 1.33 bits per heavy atom. The first-order valence-electron chi connectivity index (χ1n) is 4.33. The molecule has 72 valence electrons. The van der Waals surface area contributed by atoms with Crippen LogP contribution in [0.15, 0.2) is 0 Å². The summed E-state index contributed by atoms with van der Waals surface area (Å²) in [5.74, 6) is 0. The molecule has 0 spiro atoms. The highest BCUT2D eigenvalue weighted by Gasteiger charge is 2.41. The van der Waals surface area contributed by atoms with Crippen molar-refractivity contribution in [2.75, 3.05) is 26.3 Å². The monoisotopic (exact) mass is 175 g/mol. The van der Waals surface area contributed by atoms with Crippen LogP contribution in [0.2, 0.25) is 0 Å². The number of aliphatic hydroxyl groups excluding tert-OH is 3. The van der Waals surface area contributed by atoms with Crippen LogP contribution in [0, 0.1) is 5.41 Å². The maximum Gasteiger partial charge on any atom is 0.0894 e. The molecule has 0 aromatic rings. The second kappa shape index (κ2) is 4.18. The fourth-order valence-electron chi connectivity index (χ4n) is 1.14. The van der Waals surface area contributed by atoms with Gasteiger partial charge in [0.1, 0.15) is 0 Å². The molecule has 0 unspecified atom stereocenters. The lowest BCUT2D eigenvalue weighted by atomic mass is 10.1. The van der Waals surface area contributed by atoms with Crippen molar-refractivity contribution >= 4 is 0 Å². The Morgan fingerprint density at radius 3 is 2.42 bits per heavy atom. The number of hydrogen-bond acceptors (Lipinski definition) is 4. The van der Waals surface area contributed by atoms with Gasteiger partial charge in [-0.3, -0.25) is 0 Å². The van der Waals surface area contributed by atoms with Gasteiger partial charge in [-0.2, -0.15) is 0 Å². The van der Waals surface area contributed by atoms with E-state index in [1.807, 2.05) is 0 Å². The highest BCUT2D eigenvalue weighted by Crippen LogP contribution is 2.44. The molecule has 1 fully saturated rings. The summed E-state index contributed by atoms with van der Waals surface area (Å²) in [6, 6.07) is 0. The molecule has 1 aliphatic carbocycles. The van der Waals surface area contributed by atoms with Crippen LogP contribution in [0.3, 0.4) is 0 Å². The predicted octanol–water partition coefficient (Wildman–Crippen LogP) is -1.30. The van der Waals surface area contributed by atoms with Crippen molar-refractivity contribution < 1.29 is 15.3 Å². The summed E-state index contributed by atoms with van der Waals surface area (Å²) in [6.07, 6.45) is 1.44. The Kier molecular flexibility index (Phi) is 3.46. The van der Waals surface area contributed by atoms with Gasteiger partial charge < -0.3 is 20.6 Å². The Labute approximate surface area is 72.2 Å². The van der Waals surface area contributed by atoms with Crippen LogP contribution in [-0.4, -0.2) is 47.7 Å². The van der Waals surface area contributed by atoms with E-state index in [0.29, 0.717) is 6.54 Å². The minimum atomic E-state index is -0.681. The smallest absolute Gasteiger partial charge is 0.0894 e. The summed E-state index contributed by atoms with van der Waals surface area (Å²) in [4.78, 5) is 0. The molecule has 0 aromatic carbocycles. The molecule has 1 atom stereocenters. The first kappa shape index (κ1) is 9.92. The van der Waals surface area contributed by atoms with Gasteiger partial charge in [0.15, 0.2) is 0 Å². The van der Waals surface area contributed by atoms with Gasteiger partial charge in [-0.1, -0.05) is 0 Å². The molecule has 0 saturated heterocycles. The van der Waals surface area contributed by atoms with E-state index in [1.165, 1.54) is 0 Å². The molecule has 0 bridgehead atoms. The molecule has 4 nitrogen and oxygen atoms in total. The third-order valence-electron chi connectivity index (χ3n) is 2.38. The third-order valence-corrected chi connectivity index (χ3v) is 2.38. The summed E-state index contributed by atoms with van der Waals surface area (Å²) in [5.41, 5.74) is 0.0785. The molecular weight excluding hydrogens is 158 g/mol. The van der Waals surface area contributed by atoms with Gasteiger partial charge in [0, 0.05) is 25.1 Å². The summed E-state index contributed by atoms with van der Waals surface area (Å²) >= 11 is 0. The Balaban J connectivity index is 2.02.